The maximum Gasteiger partial charge on any atom is 0.128 e. The molecule has 3 nitrogen and oxygen atoms in total. The lowest BCUT2D eigenvalue weighted by molar-refractivity contribution is 0.912. The molecule has 0 bridgehead atoms. The average molecular weight is 201 g/mol. The summed E-state index contributed by atoms with van der Waals surface area (Å²) in [6.45, 7) is 1.87. The molecule has 66 valence electrons. The molecule has 0 saturated carbocycles. The van der Waals surface area contributed by atoms with Crippen LogP contribution in [0.3, 0.4) is 0 Å². The van der Waals surface area contributed by atoms with Crippen LogP contribution in [0.25, 0.3) is 0 Å². The van der Waals surface area contributed by atoms with Crippen molar-refractivity contribution in [2.45, 2.75) is 17.0 Å². The van der Waals surface area contributed by atoms with E-state index >= 15 is 0 Å². The summed E-state index contributed by atoms with van der Waals surface area (Å²) >= 11 is 3.10. The van der Waals surface area contributed by atoms with Crippen molar-refractivity contribution < 1.29 is 0 Å². The summed E-state index contributed by atoms with van der Waals surface area (Å²) in [5.74, 6) is 0.776. The number of nitrogens with zero attached hydrogens (tertiary/aromatic N) is 2. The first kappa shape index (κ1) is 9.67. The first-order chi connectivity index (χ1) is 5.69. The van der Waals surface area contributed by atoms with Crippen LogP contribution in [0.2, 0.25) is 0 Å². The molecule has 1 aromatic heterocycles. The zero-order chi connectivity index (χ0) is 9.14. The van der Waals surface area contributed by atoms with Crippen molar-refractivity contribution in [3.63, 3.8) is 0 Å². The fourth-order valence-electron chi connectivity index (χ4n) is 0.842. The van der Waals surface area contributed by atoms with E-state index in [1.165, 1.54) is 0 Å². The SMILES string of the molecule is CSc1nc(C)nc(SC)c1N. The molecule has 0 amide bonds. The molecule has 0 saturated heterocycles. The van der Waals surface area contributed by atoms with Gasteiger partial charge in [0, 0.05) is 0 Å². The number of hydrogen-bond acceptors (Lipinski definition) is 5. The lowest BCUT2D eigenvalue weighted by Gasteiger charge is -2.06. The van der Waals surface area contributed by atoms with Crippen LogP contribution in [0.4, 0.5) is 5.69 Å². The van der Waals surface area contributed by atoms with E-state index in [9.17, 15) is 0 Å². The maximum atomic E-state index is 5.81. The molecule has 5 heteroatoms. The fourth-order valence-corrected chi connectivity index (χ4v) is 1.99. The highest BCUT2D eigenvalue weighted by atomic mass is 32.2. The maximum absolute atomic E-state index is 5.81. The van der Waals surface area contributed by atoms with Crippen molar-refractivity contribution in [2.24, 2.45) is 0 Å². The Hall–Kier alpha value is -0.420. The Morgan fingerprint density at radius 1 is 1.08 bits per heavy atom. The van der Waals surface area contributed by atoms with Crippen LogP contribution in [0, 0.1) is 6.92 Å². The Morgan fingerprint density at radius 3 is 1.83 bits per heavy atom. The second-order valence-electron chi connectivity index (χ2n) is 2.20. The molecule has 0 aromatic carbocycles. The molecular formula is C7H11N3S2. The third-order valence-electron chi connectivity index (χ3n) is 1.37. The Labute approximate surface area is 80.6 Å². The number of nitrogens with two attached hydrogens (primary N) is 1. The molecule has 0 aliphatic rings. The average Bonchev–Trinajstić information content (AvgIpc) is 2.08. The minimum absolute atomic E-state index is 0.695. The summed E-state index contributed by atoms with van der Waals surface area (Å²) in [7, 11) is 0. The van der Waals surface area contributed by atoms with Crippen LogP contribution in [0.15, 0.2) is 10.1 Å². The van der Waals surface area contributed by atoms with Gasteiger partial charge in [-0.05, 0) is 19.4 Å². The molecule has 0 atom stereocenters. The molecule has 1 heterocycles. The summed E-state index contributed by atoms with van der Waals surface area (Å²) in [5.41, 5.74) is 6.50. The number of thioether (sulfide) groups is 2. The number of rotatable bonds is 2. The van der Waals surface area contributed by atoms with Gasteiger partial charge in [-0.1, -0.05) is 0 Å². The van der Waals surface area contributed by atoms with Crippen LogP contribution in [0.5, 0.6) is 0 Å². The van der Waals surface area contributed by atoms with Crippen molar-refractivity contribution in [1.29, 1.82) is 0 Å². The van der Waals surface area contributed by atoms with E-state index in [0.29, 0.717) is 5.69 Å². The second kappa shape index (κ2) is 4.00. The molecule has 12 heavy (non-hydrogen) atoms. The van der Waals surface area contributed by atoms with Crippen molar-refractivity contribution in [3.8, 4) is 0 Å². The molecule has 0 radical (unpaired) electrons. The Morgan fingerprint density at radius 2 is 1.50 bits per heavy atom. The molecule has 0 aliphatic carbocycles. The fraction of sp³-hybridized carbons (Fsp3) is 0.429. The van der Waals surface area contributed by atoms with Gasteiger partial charge in [-0.15, -0.1) is 23.5 Å². The number of hydrogen-bond donors (Lipinski definition) is 1. The van der Waals surface area contributed by atoms with Gasteiger partial charge in [0.1, 0.15) is 15.9 Å². The quantitative estimate of drug-likeness (QED) is 0.584. The smallest absolute Gasteiger partial charge is 0.128 e. The highest BCUT2D eigenvalue weighted by molar-refractivity contribution is 7.99. The van der Waals surface area contributed by atoms with Crippen LogP contribution in [0.1, 0.15) is 5.82 Å². The summed E-state index contributed by atoms with van der Waals surface area (Å²) in [6, 6.07) is 0. The van der Waals surface area contributed by atoms with E-state index in [1.807, 2.05) is 19.4 Å². The van der Waals surface area contributed by atoms with E-state index in [4.69, 9.17) is 5.73 Å². The molecule has 1 aromatic rings. The van der Waals surface area contributed by atoms with Gasteiger partial charge in [0.2, 0.25) is 0 Å². The lowest BCUT2D eigenvalue weighted by Crippen LogP contribution is -1.99. The highest BCUT2D eigenvalue weighted by Gasteiger charge is 2.07. The standard InChI is InChI=1S/C7H11N3S2/c1-4-9-6(11-2)5(8)7(10-4)12-3/h8H2,1-3H3. The van der Waals surface area contributed by atoms with Crippen molar-refractivity contribution in [1.82, 2.24) is 9.97 Å². The van der Waals surface area contributed by atoms with Gasteiger partial charge in [0.15, 0.2) is 0 Å². The first-order valence-electron chi connectivity index (χ1n) is 3.41. The lowest BCUT2D eigenvalue weighted by atomic mass is 10.5. The summed E-state index contributed by atoms with van der Waals surface area (Å²) < 4.78 is 0. The van der Waals surface area contributed by atoms with Crippen LogP contribution in [-0.4, -0.2) is 22.5 Å². The normalized spacial score (nSPS) is 10.2. The van der Waals surface area contributed by atoms with Gasteiger partial charge >= 0.3 is 0 Å². The minimum atomic E-state index is 0.695. The number of anilines is 1. The zero-order valence-corrected chi connectivity index (χ0v) is 8.92. The molecular weight excluding hydrogens is 190 g/mol. The highest BCUT2D eigenvalue weighted by Crippen LogP contribution is 2.28. The minimum Gasteiger partial charge on any atom is -0.394 e. The molecule has 1 rings (SSSR count). The van der Waals surface area contributed by atoms with Gasteiger partial charge in [0.25, 0.3) is 0 Å². The summed E-state index contributed by atoms with van der Waals surface area (Å²) in [4.78, 5) is 8.43. The van der Waals surface area contributed by atoms with E-state index in [2.05, 4.69) is 9.97 Å². The van der Waals surface area contributed by atoms with Gasteiger partial charge in [-0.2, -0.15) is 0 Å². The third-order valence-corrected chi connectivity index (χ3v) is 2.77. The topological polar surface area (TPSA) is 51.8 Å². The van der Waals surface area contributed by atoms with E-state index in [-0.39, 0.29) is 0 Å². The second-order valence-corrected chi connectivity index (χ2v) is 3.79. The largest absolute Gasteiger partial charge is 0.394 e. The van der Waals surface area contributed by atoms with Gasteiger partial charge in [-0.3, -0.25) is 0 Å². The Bertz CT molecular complexity index is 263. The van der Waals surface area contributed by atoms with Crippen molar-refractivity contribution in [2.75, 3.05) is 18.2 Å². The molecule has 0 fully saturated rings. The van der Waals surface area contributed by atoms with Crippen LogP contribution in [-0.2, 0) is 0 Å². The number of nitrogen functional groups attached to an aromatic ring is 1. The summed E-state index contributed by atoms with van der Waals surface area (Å²) in [6.07, 6.45) is 3.92. The van der Waals surface area contributed by atoms with Gasteiger partial charge in [-0.25, -0.2) is 9.97 Å². The molecule has 0 spiro atoms. The van der Waals surface area contributed by atoms with Gasteiger partial charge < -0.3 is 5.73 Å². The Kier molecular flexibility index (Phi) is 3.22. The predicted octanol–water partition coefficient (Wildman–Crippen LogP) is 1.81. The van der Waals surface area contributed by atoms with Crippen LogP contribution < -0.4 is 5.73 Å². The summed E-state index contributed by atoms with van der Waals surface area (Å²) in [5, 5.41) is 1.73. The molecule has 0 aliphatic heterocycles. The van der Waals surface area contributed by atoms with E-state index in [1.54, 1.807) is 23.5 Å². The first-order valence-corrected chi connectivity index (χ1v) is 5.86. The zero-order valence-electron chi connectivity index (χ0n) is 7.29. The number of aromatic nitrogens is 2. The van der Waals surface area contributed by atoms with Crippen molar-refractivity contribution in [3.05, 3.63) is 5.82 Å². The molecule has 2 N–H and O–H groups in total. The Balaban J connectivity index is 3.22. The van der Waals surface area contributed by atoms with Gasteiger partial charge in [0.05, 0.1) is 5.69 Å². The molecule has 0 unspecified atom stereocenters. The van der Waals surface area contributed by atoms with E-state index in [0.717, 1.165) is 15.9 Å². The van der Waals surface area contributed by atoms with E-state index < -0.39 is 0 Å². The monoisotopic (exact) mass is 201 g/mol. The third kappa shape index (κ3) is 1.84. The number of aryl methyl sites for hydroxylation is 1. The van der Waals surface area contributed by atoms with Crippen molar-refractivity contribution >= 4 is 29.2 Å². The van der Waals surface area contributed by atoms with Crippen LogP contribution >= 0.6 is 23.5 Å². The predicted molar refractivity (Wildman–Crippen MR) is 54.7 cm³/mol.